The molecular formula is C16H19N3O5S2. The maximum Gasteiger partial charge on any atom is 0.261 e. The van der Waals surface area contributed by atoms with Crippen molar-refractivity contribution < 1.29 is 22.7 Å². The lowest BCUT2D eigenvalue weighted by Gasteiger charge is -2.14. The average molecular weight is 397 g/mol. The van der Waals surface area contributed by atoms with Crippen molar-refractivity contribution in [3.63, 3.8) is 0 Å². The minimum absolute atomic E-state index is 0.00864. The first kappa shape index (κ1) is 18.8. The summed E-state index contributed by atoms with van der Waals surface area (Å²) in [5.74, 6) is -0.212. The van der Waals surface area contributed by atoms with Gasteiger partial charge in [0.1, 0.15) is 5.75 Å². The third-order valence-corrected chi connectivity index (χ3v) is 6.21. The van der Waals surface area contributed by atoms with E-state index in [1.54, 1.807) is 5.38 Å². The number of aromatic nitrogens is 1. The number of rotatable bonds is 6. The van der Waals surface area contributed by atoms with Crippen molar-refractivity contribution in [2.45, 2.75) is 24.3 Å². The number of aryl methyl sites for hydroxylation is 1. The first-order chi connectivity index (χ1) is 12.4. The lowest BCUT2D eigenvalue weighted by atomic mass is 10.2. The van der Waals surface area contributed by atoms with Crippen LogP contribution in [-0.2, 0) is 14.8 Å². The SMILES string of the molecule is COc1ccc(S(=O)(=O)N[C@H]2CCOC2)cc1C(=O)Nc1nc(C)cs1. The van der Waals surface area contributed by atoms with Crippen LogP contribution < -0.4 is 14.8 Å². The van der Waals surface area contributed by atoms with Gasteiger partial charge in [0, 0.05) is 18.0 Å². The smallest absolute Gasteiger partial charge is 0.261 e. The quantitative estimate of drug-likeness (QED) is 0.770. The van der Waals surface area contributed by atoms with E-state index in [-0.39, 0.29) is 22.3 Å². The number of sulfonamides is 1. The molecular weight excluding hydrogens is 378 g/mol. The number of hydrogen-bond acceptors (Lipinski definition) is 7. The third-order valence-electron chi connectivity index (χ3n) is 3.82. The fourth-order valence-corrected chi connectivity index (χ4v) is 4.49. The van der Waals surface area contributed by atoms with Crippen molar-refractivity contribution in [3.8, 4) is 5.75 Å². The molecule has 140 valence electrons. The van der Waals surface area contributed by atoms with E-state index < -0.39 is 15.9 Å². The molecule has 0 aliphatic carbocycles. The monoisotopic (exact) mass is 397 g/mol. The van der Waals surface area contributed by atoms with Gasteiger partial charge in [-0.2, -0.15) is 0 Å². The number of anilines is 1. The second-order valence-electron chi connectivity index (χ2n) is 5.79. The molecule has 0 unspecified atom stereocenters. The van der Waals surface area contributed by atoms with Gasteiger partial charge in [0.05, 0.1) is 29.9 Å². The third kappa shape index (κ3) is 4.21. The number of carbonyl (C=O) groups excluding carboxylic acids is 1. The van der Waals surface area contributed by atoms with Crippen molar-refractivity contribution in [1.29, 1.82) is 0 Å². The molecule has 1 atom stereocenters. The molecule has 1 fully saturated rings. The molecule has 0 saturated carbocycles. The average Bonchev–Trinajstić information content (AvgIpc) is 3.25. The van der Waals surface area contributed by atoms with E-state index in [1.165, 1.54) is 36.6 Å². The molecule has 2 N–H and O–H groups in total. The van der Waals surface area contributed by atoms with Crippen LogP contribution in [0.2, 0.25) is 0 Å². The van der Waals surface area contributed by atoms with E-state index in [4.69, 9.17) is 9.47 Å². The lowest BCUT2D eigenvalue weighted by molar-refractivity contribution is 0.102. The highest BCUT2D eigenvalue weighted by Gasteiger charge is 2.25. The molecule has 1 saturated heterocycles. The first-order valence-corrected chi connectivity index (χ1v) is 10.3. The Balaban J connectivity index is 1.86. The van der Waals surface area contributed by atoms with Gasteiger partial charge in [-0.15, -0.1) is 11.3 Å². The molecule has 0 bridgehead atoms. The normalized spacial score (nSPS) is 17.2. The highest BCUT2D eigenvalue weighted by atomic mass is 32.2. The van der Waals surface area contributed by atoms with E-state index in [9.17, 15) is 13.2 Å². The van der Waals surface area contributed by atoms with Gasteiger partial charge in [0.2, 0.25) is 10.0 Å². The Bertz CT molecular complexity index is 904. The number of methoxy groups -OCH3 is 1. The highest BCUT2D eigenvalue weighted by molar-refractivity contribution is 7.89. The number of nitrogens with zero attached hydrogens (tertiary/aromatic N) is 1. The van der Waals surface area contributed by atoms with Crippen LogP contribution in [0.3, 0.4) is 0 Å². The predicted molar refractivity (Wildman–Crippen MR) is 97.3 cm³/mol. The number of hydrogen-bond donors (Lipinski definition) is 2. The summed E-state index contributed by atoms with van der Waals surface area (Å²) in [6.07, 6.45) is 0.617. The standard InChI is InChI=1S/C16H19N3O5S2/c1-10-9-25-16(17-10)18-15(20)13-7-12(3-4-14(13)23-2)26(21,22)19-11-5-6-24-8-11/h3-4,7,9,11,19H,5-6,8H2,1-2H3,(H,17,18,20)/t11-/m0/s1. The molecule has 1 aliphatic rings. The fourth-order valence-electron chi connectivity index (χ4n) is 2.52. The number of amides is 1. The largest absolute Gasteiger partial charge is 0.496 e. The zero-order chi connectivity index (χ0) is 18.7. The van der Waals surface area contributed by atoms with Gasteiger partial charge in [0.25, 0.3) is 5.91 Å². The summed E-state index contributed by atoms with van der Waals surface area (Å²) in [6.45, 7) is 2.68. The number of nitrogens with one attached hydrogen (secondary N) is 2. The van der Waals surface area contributed by atoms with Crippen LogP contribution in [-0.4, -0.2) is 45.7 Å². The summed E-state index contributed by atoms with van der Waals surface area (Å²) in [4.78, 5) is 16.7. The molecule has 3 rings (SSSR count). The number of ether oxygens (including phenoxy) is 2. The molecule has 1 aromatic carbocycles. The lowest BCUT2D eigenvalue weighted by Crippen LogP contribution is -2.35. The minimum Gasteiger partial charge on any atom is -0.496 e. The Morgan fingerprint density at radius 2 is 2.23 bits per heavy atom. The minimum atomic E-state index is -3.77. The Labute approximate surface area is 155 Å². The maximum absolute atomic E-state index is 12.6. The van der Waals surface area contributed by atoms with E-state index in [0.717, 1.165) is 5.69 Å². The highest BCUT2D eigenvalue weighted by Crippen LogP contribution is 2.25. The molecule has 0 spiro atoms. The van der Waals surface area contributed by atoms with Crippen LogP contribution in [0.5, 0.6) is 5.75 Å². The van der Waals surface area contributed by atoms with Crippen molar-refractivity contribution in [3.05, 3.63) is 34.8 Å². The summed E-state index contributed by atoms with van der Waals surface area (Å²) < 4.78 is 38.1. The van der Waals surface area contributed by atoms with Crippen LogP contribution in [0, 0.1) is 6.92 Å². The molecule has 8 nitrogen and oxygen atoms in total. The summed E-state index contributed by atoms with van der Waals surface area (Å²) in [5, 5.41) is 4.90. The van der Waals surface area contributed by atoms with Gasteiger partial charge in [0.15, 0.2) is 5.13 Å². The second kappa shape index (κ2) is 7.70. The molecule has 0 radical (unpaired) electrons. The number of benzene rings is 1. The zero-order valence-electron chi connectivity index (χ0n) is 14.3. The summed E-state index contributed by atoms with van der Waals surface area (Å²) in [5.41, 5.74) is 0.905. The van der Waals surface area contributed by atoms with E-state index in [0.29, 0.717) is 24.8 Å². The zero-order valence-corrected chi connectivity index (χ0v) is 15.9. The Hall–Kier alpha value is -2.01. The molecule has 2 heterocycles. The summed E-state index contributed by atoms with van der Waals surface area (Å²) >= 11 is 1.29. The van der Waals surface area contributed by atoms with Gasteiger partial charge in [-0.25, -0.2) is 18.1 Å². The first-order valence-electron chi connectivity index (χ1n) is 7.90. The van der Waals surface area contributed by atoms with Gasteiger partial charge in [-0.05, 0) is 31.5 Å². The van der Waals surface area contributed by atoms with Crippen molar-refractivity contribution in [2.24, 2.45) is 0 Å². The molecule has 2 aromatic rings. The second-order valence-corrected chi connectivity index (χ2v) is 8.36. The molecule has 1 aromatic heterocycles. The number of carbonyl (C=O) groups is 1. The fraction of sp³-hybridized carbons (Fsp3) is 0.375. The van der Waals surface area contributed by atoms with Crippen LogP contribution >= 0.6 is 11.3 Å². The van der Waals surface area contributed by atoms with Crippen molar-refractivity contribution in [2.75, 3.05) is 25.6 Å². The Morgan fingerprint density at radius 3 is 2.85 bits per heavy atom. The van der Waals surface area contributed by atoms with Crippen LogP contribution in [0.4, 0.5) is 5.13 Å². The summed E-state index contributed by atoms with van der Waals surface area (Å²) in [7, 11) is -2.35. The molecule has 10 heteroatoms. The van der Waals surface area contributed by atoms with Gasteiger partial charge in [-0.1, -0.05) is 0 Å². The number of thiazole rings is 1. The van der Waals surface area contributed by atoms with E-state index >= 15 is 0 Å². The van der Waals surface area contributed by atoms with Gasteiger partial charge in [-0.3, -0.25) is 10.1 Å². The van der Waals surface area contributed by atoms with E-state index in [2.05, 4.69) is 15.0 Å². The molecule has 26 heavy (non-hydrogen) atoms. The maximum atomic E-state index is 12.6. The predicted octanol–water partition coefficient (Wildman–Crippen LogP) is 1.78. The van der Waals surface area contributed by atoms with Crippen LogP contribution in [0.1, 0.15) is 22.5 Å². The van der Waals surface area contributed by atoms with Crippen molar-refractivity contribution in [1.82, 2.24) is 9.71 Å². The molecule has 1 aliphatic heterocycles. The van der Waals surface area contributed by atoms with Gasteiger partial charge >= 0.3 is 0 Å². The topological polar surface area (TPSA) is 107 Å². The molecule has 1 amide bonds. The van der Waals surface area contributed by atoms with Gasteiger partial charge < -0.3 is 9.47 Å². The van der Waals surface area contributed by atoms with Crippen molar-refractivity contribution >= 4 is 32.4 Å². The Kier molecular flexibility index (Phi) is 5.56. The van der Waals surface area contributed by atoms with Crippen LogP contribution in [0.15, 0.2) is 28.5 Å². The van der Waals surface area contributed by atoms with E-state index in [1.807, 2.05) is 6.92 Å². The summed E-state index contributed by atoms with van der Waals surface area (Å²) in [6, 6.07) is 3.90. The van der Waals surface area contributed by atoms with Crippen LogP contribution in [0.25, 0.3) is 0 Å². The Morgan fingerprint density at radius 1 is 1.42 bits per heavy atom.